The number of rotatable bonds is 3. The zero-order valence-corrected chi connectivity index (χ0v) is 18.3. The molecule has 1 atom stereocenters. The fourth-order valence-corrected chi connectivity index (χ4v) is 4.75. The monoisotopic (exact) mass is 509 g/mol. The summed E-state index contributed by atoms with van der Waals surface area (Å²) in [4.78, 5) is 30.8. The number of anilines is 1. The van der Waals surface area contributed by atoms with E-state index in [1.807, 2.05) is 53.6 Å². The van der Waals surface area contributed by atoms with Gasteiger partial charge in [-0.25, -0.2) is 0 Å². The van der Waals surface area contributed by atoms with Crippen molar-refractivity contribution in [2.75, 3.05) is 11.9 Å². The molecular weight excluding hydrogens is 489 g/mol. The Labute approximate surface area is 188 Å². The van der Waals surface area contributed by atoms with Gasteiger partial charge in [-0.1, -0.05) is 12.1 Å². The van der Waals surface area contributed by atoms with Crippen LogP contribution in [0.4, 0.5) is 5.69 Å². The first-order chi connectivity index (χ1) is 14.6. The molecule has 2 aliphatic heterocycles. The summed E-state index contributed by atoms with van der Waals surface area (Å²) < 4.78 is 1.15. The molecule has 1 fully saturated rings. The first kappa shape index (κ1) is 19.1. The number of aromatic nitrogens is 1. The molecule has 3 heterocycles. The molecule has 1 aromatic heterocycles. The van der Waals surface area contributed by atoms with E-state index < -0.39 is 0 Å². The van der Waals surface area contributed by atoms with E-state index in [4.69, 9.17) is 0 Å². The minimum absolute atomic E-state index is 0.0281. The van der Waals surface area contributed by atoms with Crippen LogP contribution in [0.25, 0.3) is 17.0 Å². The number of fused-ring (bicyclic) bond motifs is 3. The van der Waals surface area contributed by atoms with Gasteiger partial charge in [-0.15, -0.1) is 0 Å². The summed E-state index contributed by atoms with van der Waals surface area (Å²) in [6.07, 6.45) is 8.78. The molecule has 2 N–H and O–H groups in total. The third kappa shape index (κ3) is 3.45. The normalized spacial score (nSPS) is 19.8. The lowest BCUT2D eigenvalue weighted by Gasteiger charge is -2.23. The number of hydrogen-bond acceptors (Lipinski definition) is 3. The van der Waals surface area contributed by atoms with Crippen molar-refractivity contribution in [2.45, 2.75) is 18.9 Å². The highest BCUT2D eigenvalue weighted by molar-refractivity contribution is 14.1. The molecule has 1 amide bonds. The van der Waals surface area contributed by atoms with Gasteiger partial charge in [0.15, 0.2) is 5.78 Å². The van der Waals surface area contributed by atoms with Gasteiger partial charge in [0, 0.05) is 39.0 Å². The molecule has 2 aliphatic rings. The van der Waals surface area contributed by atoms with E-state index >= 15 is 0 Å². The van der Waals surface area contributed by atoms with Gasteiger partial charge in [0.05, 0.1) is 17.3 Å². The average Bonchev–Trinajstić information content (AvgIpc) is 3.36. The van der Waals surface area contributed by atoms with Crippen LogP contribution in [-0.4, -0.2) is 34.2 Å². The minimum atomic E-state index is -0.101. The van der Waals surface area contributed by atoms with Crippen LogP contribution < -0.4 is 5.32 Å². The summed E-state index contributed by atoms with van der Waals surface area (Å²) in [6, 6.07) is 13.6. The van der Waals surface area contributed by atoms with E-state index in [0.29, 0.717) is 5.56 Å². The van der Waals surface area contributed by atoms with Gasteiger partial charge >= 0.3 is 0 Å². The number of aromatic amines is 1. The number of amides is 1. The number of benzene rings is 2. The van der Waals surface area contributed by atoms with Gasteiger partial charge in [-0.3, -0.25) is 9.59 Å². The van der Waals surface area contributed by atoms with Crippen LogP contribution in [0.5, 0.6) is 0 Å². The molecule has 0 saturated carbocycles. The van der Waals surface area contributed by atoms with Crippen LogP contribution >= 0.6 is 22.6 Å². The number of hydrogen-bond donors (Lipinski definition) is 2. The second-order valence-electron chi connectivity index (χ2n) is 7.60. The van der Waals surface area contributed by atoms with Crippen molar-refractivity contribution >= 4 is 56.9 Å². The number of nitrogens with zero attached hydrogens (tertiary/aromatic N) is 1. The Morgan fingerprint density at radius 3 is 2.97 bits per heavy atom. The van der Waals surface area contributed by atoms with Crippen molar-refractivity contribution in [3.8, 4) is 0 Å². The molecule has 5 nitrogen and oxygen atoms in total. The van der Waals surface area contributed by atoms with Crippen molar-refractivity contribution < 1.29 is 9.59 Å². The number of nitrogens with one attached hydrogen (secondary N) is 2. The Hall–Kier alpha value is -2.87. The average molecular weight is 509 g/mol. The molecule has 150 valence electrons. The summed E-state index contributed by atoms with van der Waals surface area (Å²) >= 11 is 2.29. The van der Waals surface area contributed by atoms with E-state index in [9.17, 15) is 9.59 Å². The number of allylic oxidation sites excluding steroid dienone is 2. The van der Waals surface area contributed by atoms with Crippen LogP contribution in [0.3, 0.4) is 0 Å². The highest BCUT2D eigenvalue weighted by Crippen LogP contribution is 2.32. The van der Waals surface area contributed by atoms with Gasteiger partial charge in [0.25, 0.3) is 5.91 Å². The Kier molecular flexibility index (Phi) is 4.94. The Morgan fingerprint density at radius 2 is 2.07 bits per heavy atom. The number of para-hydroxylation sites is 1. The van der Waals surface area contributed by atoms with E-state index in [2.05, 4.69) is 39.0 Å². The molecular formula is C24H20IN3O2. The first-order valence-corrected chi connectivity index (χ1v) is 11.1. The van der Waals surface area contributed by atoms with Crippen LogP contribution in [0.1, 0.15) is 28.8 Å². The maximum Gasteiger partial charge on any atom is 0.256 e. The summed E-state index contributed by atoms with van der Waals surface area (Å²) in [5.74, 6) is -0.0726. The highest BCUT2D eigenvalue weighted by atomic mass is 127. The minimum Gasteiger partial charge on any atom is -0.361 e. The summed E-state index contributed by atoms with van der Waals surface area (Å²) in [7, 11) is 0. The molecule has 3 aromatic rings. The Morgan fingerprint density at radius 1 is 1.20 bits per heavy atom. The Balaban J connectivity index is 1.45. The number of H-pyrrole nitrogens is 1. The molecule has 0 bridgehead atoms. The number of ketones is 1. The van der Waals surface area contributed by atoms with Crippen molar-refractivity contribution in [3.05, 3.63) is 81.2 Å². The fraction of sp³-hybridized carbons (Fsp3) is 0.167. The number of halogens is 1. The molecule has 0 unspecified atom stereocenters. The van der Waals surface area contributed by atoms with E-state index in [1.54, 1.807) is 12.2 Å². The fourth-order valence-electron chi connectivity index (χ4n) is 4.26. The molecule has 0 spiro atoms. The lowest BCUT2D eigenvalue weighted by atomic mass is 10.1. The largest absolute Gasteiger partial charge is 0.361 e. The van der Waals surface area contributed by atoms with Gasteiger partial charge in [0.1, 0.15) is 0 Å². The second-order valence-corrected chi connectivity index (χ2v) is 8.84. The van der Waals surface area contributed by atoms with Crippen LogP contribution in [0, 0.1) is 3.57 Å². The molecule has 0 aliphatic carbocycles. The quantitative estimate of drug-likeness (QED) is 0.387. The zero-order valence-electron chi connectivity index (χ0n) is 16.2. The van der Waals surface area contributed by atoms with Crippen molar-refractivity contribution in [2.24, 2.45) is 0 Å². The van der Waals surface area contributed by atoms with E-state index in [1.165, 1.54) is 0 Å². The number of carbonyl (C=O) groups is 2. The molecule has 2 aromatic carbocycles. The maximum atomic E-state index is 12.9. The van der Waals surface area contributed by atoms with E-state index in [0.717, 1.165) is 50.8 Å². The van der Waals surface area contributed by atoms with Crippen molar-refractivity contribution in [1.29, 1.82) is 0 Å². The zero-order chi connectivity index (χ0) is 20.7. The molecule has 30 heavy (non-hydrogen) atoms. The standard InChI is InChI=1S/C24H20IN3O2/c25-16-8-10-20-19(12-16)15(14-26-20)7-9-17(29)13-22-23-6-3-11-28(23)24(30)18-4-1-2-5-21(18)27-22/h1-2,4-5,7-10,12-14,23,26-27H,3,6,11H2/b9-7+,22-13-/t23-/m0/s1. The SMILES string of the molecule is O=C(/C=C1\Nc2ccccc2C(=O)N2CCC[C@@H]12)/C=C/c1c[nH]c2ccc(I)cc12. The first-order valence-electron chi connectivity index (χ1n) is 9.97. The molecule has 6 heteroatoms. The lowest BCUT2D eigenvalue weighted by molar-refractivity contribution is -0.110. The predicted molar refractivity (Wildman–Crippen MR) is 127 cm³/mol. The van der Waals surface area contributed by atoms with Gasteiger partial charge in [-0.2, -0.15) is 0 Å². The Bertz CT molecular complexity index is 1220. The summed E-state index contributed by atoms with van der Waals surface area (Å²) in [5, 5.41) is 4.45. The maximum absolute atomic E-state index is 12.9. The smallest absolute Gasteiger partial charge is 0.256 e. The van der Waals surface area contributed by atoms with Crippen LogP contribution in [-0.2, 0) is 4.79 Å². The van der Waals surface area contributed by atoms with E-state index in [-0.39, 0.29) is 17.7 Å². The molecule has 1 saturated heterocycles. The third-order valence-corrected chi connectivity index (χ3v) is 6.38. The number of carbonyl (C=O) groups excluding carboxylic acids is 2. The second kappa shape index (κ2) is 7.75. The van der Waals surface area contributed by atoms with Crippen molar-refractivity contribution in [1.82, 2.24) is 9.88 Å². The predicted octanol–water partition coefficient (Wildman–Crippen LogP) is 4.97. The highest BCUT2D eigenvalue weighted by Gasteiger charge is 2.36. The molecule has 5 rings (SSSR count). The van der Waals surface area contributed by atoms with Crippen molar-refractivity contribution in [3.63, 3.8) is 0 Å². The summed E-state index contributed by atoms with van der Waals surface area (Å²) in [6.45, 7) is 0.717. The van der Waals surface area contributed by atoms with Gasteiger partial charge < -0.3 is 15.2 Å². The topological polar surface area (TPSA) is 65.2 Å². The third-order valence-electron chi connectivity index (χ3n) is 5.71. The van der Waals surface area contributed by atoms with Gasteiger partial charge in [0.2, 0.25) is 0 Å². The summed E-state index contributed by atoms with van der Waals surface area (Å²) in [5.41, 5.74) is 4.22. The molecule has 0 radical (unpaired) electrons. The van der Waals surface area contributed by atoms with Crippen LogP contribution in [0.2, 0.25) is 0 Å². The van der Waals surface area contributed by atoms with Gasteiger partial charge in [-0.05, 0) is 83.5 Å². The van der Waals surface area contributed by atoms with Crippen LogP contribution in [0.15, 0.2) is 66.5 Å². The lowest BCUT2D eigenvalue weighted by Crippen LogP contribution is -2.36.